The highest BCUT2D eigenvalue weighted by Crippen LogP contribution is 2.14. The number of carboxylic acid groups (broad SMARTS) is 1. The Morgan fingerprint density at radius 3 is 2.35 bits per heavy atom. The van der Waals surface area contributed by atoms with Crippen LogP contribution in [0.2, 0.25) is 0 Å². The quantitative estimate of drug-likeness (QED) is 0.639. The highest BCUT2D eigenvalue weighted by atomic mass is 32.2. The fourth-order valence-corrected chi connectivity index (χ4v) is 2.77. The van der Waals surface area contributed by atoms with Crippen LogP contribution < -0.4 is 10.0 Å². The molecule has 0 atom stereocenters. The fraction of sp³-hybridized carbons (Fsp3) is 0.294. The molecule has 26 heavy (non-hydrogen) atoms. The number of aromatic carboxylic acids is 1. The molecule has 1 amide bonds. The van der Waals surface area contributed by atoms with Gasteiger partial charge in [0.25, 0.3) is 5.91 Å². The molecule has 0 saturated carbocycles. The number of benzene rings is 1. The van der Waals surface area contributed by atoms with Gasteiger partial charge < -0.3 is 14.8 Å². The molecule has 0 spiro atoms. The van der Waals surface area contributed by atoms with Gasteiger partial charge >= 0.3 is 5.97 Å². The molecule has 9 heteroatoms. The molecule has 1 aromatic heterocycles. The van der Waals surface area contributed by atoms with Gasteiger partial charge in [-0.05, 0) is 37.6 Å². The molecule has 0 aliphatic rings. The number of amides is 1. The van der Waals surface area contributed by atoms with Gasteiger partial charge in [-0.1, -0.05) is 12.1 Å². The summed E-state index contributed by atoms with van der Waals surface area (Å²) in [5.74, 6) is -0.808. The Morgan fingerprint density at radius 2 is 1.81 bits per heavy atom. The largest absolute Gasteiger partial charge is 0.478 e. The van der Waals surface area contributed by atoms with Gasteiger partial charge in [0.15, 0.2) is 0 Å². The predicted octanol–water partition coefficient (Wildman–Crippen LogP) is 1.66. The maximum absolute atomic E-state index is 12.1. The van der Waals surface area contributed by atoms with E-state index in [4.69, 9.17) is 9.52 Å². The van der Waals surface area contributed by atoms with Crippen LogP contribution in [-0.2, 0) is 23.1 Å². The number of hydrogen-bond acceptors (Lipinski definition) is 5. The van der Waals surface area contributed by atoms with Crippen molar-refractivity contribution >= 4 is 21.9 Å². The average Bonchev–Trinajstić information content (AvgIpc) is 2.99. The lowest BCUT2D eigenvalue weighted by Gasteiger charge is -2.06. The molecule has 0 unspecified atom stereocenters. The summed E-state index contributed by atoms with van der Waals surface area (Å²) in [7, 11) is -3.27. The molecule has 2 aromatic rings. The highest BCUT2D eigenvalue weighted by molar-refractivity contribution is 7.89. The third kappa shape index (κ3) is 5.17. The Balaban J connectivity index is 1.93. The average molecular weight is 380 g/mol. The second-order valence-corrected chi connectivity index (χ2v) is 7.69. The zero-order valence-corrected chi connectivity index (χ0v) is 15.2. The Labute approximate surface area is 151 Å². The van der Waals surface area contributed by atoms with Crippen LogP contribution in [-0.4, -0.2) is 31.2 Å². The van der Waals surface area contributed by atoms with Gasteiger partial charge in [0, 0.05) is 12.1 Å². The molecule has 2 rings (SSSR count). The number of sulfonamides is 1. The standard InChI is InChI=1S/C17H20N2O6S/c1-3-26(23,24)19-9-12-4-6-13(7-5-12)16(20)18-10-14-8-15(17(21)22)11(2)25-14/h4-8,19H,3,9-10H2,1-2H3,(H,18,20)(H,21,22). The summed E-state index contributed by atoms with van der Waals surface area (Å²) >= 11 is 0. The van der Waals surface area contributed by atoms with Gasteiger partial charge in [0.2, 0.25) is 10.0 Å². The zero-order chi connectivity index (χ0) is 19.3. The molecule has 0 aliphatic carbocycles. The topological polar surface area (TPSA) is 126 Å². The van der Waals surface area contributed by atoms with Crippen LogP contribution in [0.1, 0.15) is 44.7 Å². The van der Waals surface area contributed by atoms with Crippen LogP contribution >= 0.6 is 0 Å². The number of carbonyl (C=O) groups is 2. The first-order chi connectivity index (χ1) is 12.2. The smallest absolute Gasteiger partial charge is 0.339 e. The lowest BCUT2D eigenvalue weighted by molar-refractivity contribution is 0.0694. The van der Waals surface area contributed by atoms with E-state index in [9.17, 15) is 18.0 Å². The summed E-state index contributed by atoms with van der Waals surface area (Å²) in [4.78, 5) is 23.1. The van der Waals surface area contributed by atoms with Gasteiger partial charge in [0.05, 0.1) is 12.3 Å². The van der Waals surface area contributed by atoms with Crippen LogP contribution in [0, 0.1) is 6.92 Å². The number of hydrogen-bond donors (Lipinski definition) is 3. The van der Waals surface area contributed by atoms with Crippen molar-refractivity contribution < 1.29 is 27.5 Å². The first-order valence-electron chi connectivity index (χ1n) is 7.89. The summed E-state index contributed by atoms with van der Waals surface area (Å²) in [6, 6.07) is 7.86. The van der Waals surface area contributed by atoms with E-state index >= 15 is 0 Å². The van der Waals surface area contributed by atoms with Crippen molar-refractivity contribution in [2.45, 2.75) is 26.9 Å². The minimum Gasteiger partial charge on any atom is -0.478 e. The van der Waals surface area contributed by atoms with E-state index in [2.05, 4.69) is 10.0 Å². The van der Waals surface area contributed by atoms with Crippen molar-refractivity contribution in [3.8, 4) is 0 Å². The van der Waals surface area contributed by atoms with Gasteiger partial charge in [-0.3, -0.25) is 4.79 Å². The molecule has 0 saturated heterocycles. The van der Waals surface area contributed by atoms with Crippen LogP contribution in [0.5, 0.6) is 0 Å². The minimum absolute atomic E-state index is 0.00331. The Bertz CT molecular complexity index is 900. The Morgan fingerprint density at radius 1 is 1.15 bits per heavy atom. The van der Waals surface area contributed by atoms with Gasteiger partial charge in [0.1, 0.15) is 17.1 Å². The third-order valence-corrected chi connectivity index (χ3v) is 5.06. The summed E-state index contributed by atoms with van der Waals surface area (Å²) < 4.78 is 30.6. The van der Waals surface area contributed by atoms with Crippen molar-refractivity contribution in [3.05, 3.63) is 58.5 Å². The van der Waals surface area contributed by atoms with Crippen LogP contribution in [0.3, 0.4) is 0 Å². The van der Waals surface area contributed by atoms with Gasteiger partial charge in [-0.2, -0.15) is 0 Å². The van der Waals surface area contributed by atoms with Crippen molar-refractivity contribution in [1.29, 1.82) is 0 Å². The first-order valence-corrected chi connectivity index (χ1v) is 9.54. The van der Waals surface area contributed by atoms with Gasteiger partial charge in [-0.15, -0.1) is 0 Å². The molecule has 0 bridgehead atoms. The predicted molar refractivity (Wildman–Crippen MR) is 94.3 cm³/mol. The molecular formula is C17H20N2O6S. The first kappa shape index (κ1) is 19.7. The molecule has 1 aromatic carbocycles. The molecular weight excluding hydrogens is 360 g/mol. The van der Waals surface area contributed by atoms with E-state index in [0.717, 1.165) is 5.56 Å². The molecule has 0 fully saturated rings. The fourth-order valence-electron chi connectivity index (χ4n) is 2.18. The second kappa shape index (κ2) is 8.15. The van der Waals surface area contributed by atoms with E-state index < -0.39 is 16.0 Å². The van der Waals surface area contributed by atoms with E-state index in [-0.39, 0.29) is 36.1 Å². The molecule has 3 N–H and O–H groups in total. The second-order valence-electron chi connectivity index (χ2n) is 5.59. The number of carboxylic acids is 1. The van der Waals surface area contributed by atoms with E-state index in [0.29, 0.717) is 11.3 Å². The maximum Gasteiger partial charge on any atom is 0.339 e. The van der Waals surface area contributed by atoms with Gasteiger partial charge in [-0.25, -0.2) is 17.9 Å². The summed E-state index contributed by atoms with van der Waals surface area (Å²) in [5.41, 5.74) is 1.19. The summed E-state index contributed by atoms with van der Waals surface area (Å²) in [5, 5.41) is 11.6. The van der Waals surface area contributed by atoms with Crippen LogP contribution in [0.25, 0.3) is 0 Å². The lowest BCUT2D eigenvalue weighted by atomic mass is 10.1. The normalized spacial score (nSPS) is 11.3. The van der Waals surface area contributed by atoms with Crippen LogP contribution in [0.15, 0.2) is 34.7 Å². The summed E-state index contributed by atoms with van der Waals surface area (Å²) in [6.45, 7) is 3.31. The van der Waals surface area contributed by atoms with Crippen molar-refractivity contribution in [2.75, 3.05) is 5.75 Å². The lowest BCUT2D eigenvalue weighted by Crippen LogP contribution is -2.25. The van der Waals surface area contributed by atoms with Crippen molar-refractivity contribution in [3.63, 3.8) is 0 Å². The number of carbonyl (C=O) groups excluding carboxylic acids is 1. The number of aryl methyl sites for hydroxylation is 1. The molecule has 140 valence electrons. The maximum atomic E-state index is 12.1. The Kier molecular flexibility index (Phi) is 6.17. The van der Waals surface area contributed by atoms with E-state index in [1.807, 2.05) is 0 Å². The number of rotatable bonds is 8. The van der Waals surface area contributed by atoms with Crippen LogP contribution in [0.4, 0.5) is 0 Å². The van der Waals surface area contributed by atoms with E-state index in [1.54, 1.807) is 38.1 Å². The zero-order valence-electron chi connectivity index (χ0n) is 14.4. The number of furan rings is 1. The van der Waals surface area contributed by atoms with Crippen molar-refractivity contribution in [1.82, 2.24) is 10.0 Å². The molecule has 1 heterocycles. The van der Waals surface area contributed by atoms with E-state index in [1.165, 1.54) is 6.07 Å². The summed E-state index contributed by atoms with van der Waals surface area (Å²) in [6.07, 6.45) is 0. The molecule has 8 nitrogen and oxygen atoms in total. The highest BCUT2D eigenvalue weighted by Gasteiger charge is 2.14. The molecule has 0 aliphatic heterocycles. The minimum atomic E-state index is -3.27. The van der Waals surface area contributed by atoms with Crippen molar-refractivity contribution in [2.24, 2.45) is 0 Å². The third-order valence-electron chi connectivity index (χ3n) is 3.71. The number of nitrogens with one attached hydrogen (secondary N) is 2. The monoisotopic (exact) mass is 380 g/mol. The Hall–Kier alpha value is -2.65. The molecule has 0 radical (unpaired) electrons. The SMILES string of the molecule is CCS(=O)(=O)NCc1ccc(C(=O)NCc2cc(C(=O)O)c(C)o2)cc1.